The fourth-order valence-electron chi connectivity index (χ4n) is 1.82. The zero-order valence-corrected chi connectivity index (χ0v) is 11.7. The van der Waals surface area contributed by atoms with Gasteiger partial charge in [-0.2, -0.15) is 0 Å². The molecule has 0 fully saturated rings. The number of nitro benzene ring substituents is 1. The Hall–Kier alpha value is -2.21. The van der Waals surface area contributed by atoms with E-state index in [9.17, 15) is 18.9 Å². The molecule has 0 aliphatic carbocycles. The van der Waals surface area contributed by atoms with Gasteiger partial charge in [-0.05, 0) is 24.1 Å². The molecule has 2 rings (SSSR count). The van der Waals surface area contributed by atoms with Crippen LogP contribution in [0.2, 0.25) is 5.02 Å². The zero-order chi connectivity index (χ0) is 15.6. The van der Waals surface area contributed by atoms with Gasteiger partial charge in [-0.3, -0.25) is 10.1 Å². The Bertz CT molecular complexity index is 708. The molecule has 2 aromatic carbocycles. The topological polar surface area (TPSA) is 55.2 Å². The fraction of sp³-hybridized carbons (Fsp3) is 0.143. The lowest BCUT2D eigenvalue weighted by molar-refractivity contribution is -0.384. The molecule has 0 spiro atoms. The number of nitrogens with zero attached hydrogens (tertiary/aromatic N) is 1. The number of rotatable bonds is 4. The second-order valence-electron chi connectivity index (χ2n) is 4.48. The zero-order valence-electron chi connectivity index (χ0n) is 11.0. The minimum atomic E-state index is -1.01. The highest BCUT2D eigenvalue weighted by Gasteiger charge is 2.20. The Morgan fingerprint density at radius 2 is 2.00 bits per heavy atom. The van der Waals surface area contributed by atoms with Crippen LogP contribution in [-0.4, -0.2) is 4.92 Å². The largest absolute Gasteiger partial charge is 0.373 e. The van der Waals surface area contributed by atoms with Gasteiger partial charge in [0.2, 0.25) is 0 Å². The summed E-state index contributed by atoms with van der Waals surface area (Å²) in [4.78, 5) is 10.0. The summed E-state index contributed by atoms with van der Waals surface area (Å²) >= 11 is 5.97. The fourth-order valence-corrected chi connectivity index (χ4v) is 2.02. The highest BCUT2D eigenvalue weighted by atomic mass is 35.5. The summed E-state index contributed by atoms with van der Waals surface area (Å²) in [7, 11) is 0. The molecule has 21 heavy (non-hydrogen) atoms. The molecule has 0 bridgehead atoms. The molecule has 2 aromatic rings. The van der Waals surface area contributed by atoms with Crippen molar-refractivity contribution < 1.29 is 13.7 Å². The smallest absolute Gasteiger partial charge is 0.298 e. The molecule has 0 saturated heterocycles. The van der Waals surface area contributed by atoms with Crippen molar-refractivity contribution in [1.82, 2.24) is 0 Å². The Balaban J connectivity index is 2.27. The average molecular weight is 313 g/mol. The Labute approximate surface area is 124 Å². The molecule has 0 aromatic heterocycles. The van der Waals surface area contributed by atoms with E-state index in [1.807, 2.05) is 6.92 Å². The number of anilines is 1. The van der Waals surface area contributed by atoms with Crippen LogP contribution in [0.3, 0.4) is 0 Å². The molecule has 1 N–H and O–H groups in total. The third-order valence-electron chi connectivity index (χ3n) is 2.94. The second-order valence-corrected chi connectivity index (χ2v) is 4.88. The molecule has 0 saturated carbocycles. The molecule has 0 radical (unpaired) electrons. The predicted molar refractivity (Wildman–Crippen MR) is 76.5 cm³/mol. The normalized spacial score (nSPS) is 10.5. The van der Waals surface area contributed by atoms with Crippen LogP contribution in [0.5, 0.6) is 0 Å². The van der Waals surface area contributed by atoms with E-state index in [2.05, 4.69) is 5.32 Å². The summed E-state index contributed by atoms with van der Waals surface area (Å²) in [5, 5.41) is 14.0. The Kier molecular flexibility index (Phi) is 4.37. The van der Waals surface area contributed by atoms with Gasteiger partial charge in [0.15, 0.2) is 5.82 Å². The second kappa shape index (κ2) is 6.05. The van der Waals surface area contributed by atoms with Crippen LogP contribution in [0.1, 0.15) is 11.1 Å². The SMILES string of the molecule is Cc1ccc(CNc2c(F)cc(F)cc2[N+](=O)[O-])cc1Cl. The van der Waals surface area contributed by atoms with Crippen molar-refractivity contribution in [2.45, 2.75) is 13.5 Å². The first-order valence-electron chi connectivity index (χ1n) is 6.01. The van der Waals surface area contributed by atoms with Crippen molar-refractivity contribution in [1.29, 1.82) is 0 Å². The van der Waals surface area contributed by atoms with Gasteiger partial charge in [-0.15, -0.1) is 0 Å². The van der Waals surface area contributed by atoms with Crippen LogP contribution in [0.25, 0.3) is 0 Å². The minimum absolute atomic E-state index is 0.128. The third kappa shape index (κ3) is 3.46. The molecule has 0 amide bonds. The summed E-state index contributed by atoms with van der Waals surface area (Å²) in [6, 6.07) is 6.50. The van der Waals surface area contributed by atoms with Gasteiger partial charge >= 0.3 is 0 Å². The van der Waals surface area contributed by atoms with Crippen molar-refractivity contribution in [3.8, 4) is 0 Å². The van der Waals surface area contributed by atoms with Gasteiger partial charge in [0.25, 0.3) is 5.69 Å². The highest BCUT2D eigenvalue weighted by molar-refractivity contribution is 6.31. The average Bonchev–Trinajstić information content (AvgIpc) is 2.40. The lowest BCUT2D eigenvalue weighted by Crippen LogP contribution is -2.05. The molecule has 0 atom stereocenters. The van der Waals surface area contributed by atoms with E-state index in [1.54, 1.807) is 18.2 Å². The first-order chi connectivity index (χ1) is 9.88. The van der Waals surface area contributed by atoms with Crippen LogP contribution in [0.4, 0.5) is 20.2 Å². The molecular weight excluding hydrogens is 302 g/mol. The molecular formula is C14H11ClF2N2O2. The summed E-state index contributed by atoms with van der Waals surface area (Å²) in [5.41, 5.74) is 0.617. The van der Waals surface area contributed by atoms with Crippen LogP contribution in [-0.2, 0) is 6.54 Å². The van der Waals surface area contributed by atoms with Crippen LogP contribution < -0.4 is 5.32 Å². The molecule has 110 valence electrons. The predicted octanol–water partition coefficient (Wildman–Crippen LogP) is 4.45. The molecule has 7 heteroatoms. The monoisotopic (exact) mass is 312 g/mol. The van der Waals surface area contributed by atoms with Crippen molar-refractivity contribution >= 4 is 23.0 Å². The van der Waals surface area contributed by atoms with Gasteiger partial charge in [0, 0.05) is 17.6 Å². The maximum atomic E-state index is 13.7. The molecule has 0 aliphatic rings. The highest BCUT2D eigenvalue weighted by Crippen LogP contribution is 2.29. The van der Waals surface area contributed by atoms with Gasteiger partial charge in [0.1, 0.15) is 11.5 Å². The standard InChI is InChI=1S/C14H11ClF2N2O2/c1-8-2-3-9(4-11(8)15)7-18-14-12(17)5-10(16)6-13(14)19(20)21/h2-6,18H,7H2,1H3. The number of hydrogen-bond acceptors (Lipinski definition) is 3. The summed E-state index contributed by atoms with van der Waals surface area (Å²) < 4.78 is 26.7. The molecule has 0 heterocycles. The maximum absolute atomic E-state index is 13.7. The first-order valence-corrected chi connectivity index (χ1v) is 6.38. The number of nitro groups is 1. The molecule has 0 unspecified atom stereocenters. The summed E-state index contributed by atoms with van der Waals surface area (Å²) in [5.74, 6) is -2.01. The first kappa shape index (κ1) is 15.2. The summed E-state index contributed by atoms with van der Waals surface area (Å²) in [6.07, 6.45) is 0. The molecule has 0 aliphatic heterocycles. The van der Waals surface area contributed by atoms with Gasteiger partial charge < -0.3 is 5.32 Å². The van der Waals surface area contributed by atoms with Crippen LogP contribution >= 0.6 is 11.6 Å². The lowest BCUT2D eigenvalue weighted by Gasteiger charge is -2.09. The van der Waals surface area contributed by atoms with E-state index < -0.39 is 22.2 Å². The van der Waals surface area contributed by atoms with E-state index >= 15 is 0 Å². The van der Waals surface area contributed by atoms with Gasteiger partial charge in [-0.1, -0.05) is 23.7 Å². The number of nitrogens with one attached hydrogen (secondary N) is 1. The Morgan fingerprint density at radius 1 is 1.29 bits per heavy atom. The van der Waals surface area contributed by atoms with Gasteiger partial charge in [-0.25, -0.2) is 8.78 Å². The van der Waals surface area contributed by atoms with E-state index in [0.29, 0.717) is 17.2 Å². The van der Waals surface area contributed by atoms with Crippen molar-refractivity contribution in [2.24, 2.45) is 0 Å². The van der Waals surface area contributed by atoms with Gasteiger partial charge in [0.05, 0.1) is 11.0 Å². The van der Waals surface area contributed by atoms with E-state index in [1.165, 1.54) is 0 Å². The van der Waals surface area contributed by atoms with E-state index in [0.717, 1.165) is 11.1 Å². The van der Waals surface area contributed by atoms with E-state index in [4.69, 9.17) is 11.6 Å². The number of hydrogen-bond donors (Lipinski definition) is 1. The lowest BCUT2D eigenvalue weighted by atomic mass is 10.1. The third-order valence-corrected chi connectivity index (χ3v) is 3.34. The number of halogens is 3. The van der Waals surface area contributed by atoms with E-state index in [-0.39, 0.29) is 12.2 Å². The Morgan fingerprint density at radius 3 is 2.62 bits per heavy atom. The molecule has 4 nitrogen and oxygen atoms in total. The minimum Gasteiger partial charge on any atom is -0.373 e. The summed E-state index contributed by atoms with van der Waals surface area (Å²) in [6.45, 7) is 1.97. The van der Waals surface area contributed by atoms with Crippen molar-refractivity contribution in [3.63, 3.8) is 0 Å². The number of benzene rings is 2. The van der Waals surface area contributed by atoms with Crippen molar-refractivity contribution in [2.75, 3.05) is 5.32 Å². The van der Waals surface area contributed by atoms with Crippen LogP contribution in [0.15, 0.2) is 30.3 Å². The van der Waals surface area contributed by atoms with Crippen molar-refractivity contribution in [3.05, 3.63) is 68.2 Å². The number of aryl methyl sites for hydroxylation is 1. The maximum Gasteiger partial charge on any atom is 0.298 e. The quantitative estimate of drug-likeness (QED) is 0.670. The van der Waals surface area contributed by atoms with Crippen LogP contribution in [0, 0.1) is 28.7 Å².